The van der Waals surface area contributed by atoms with Crippen molar-refractivity contribution in [2.24, 2.45) is 11.3 Å². The normalized spacial score (nSPS) is 24.2. The highest BCUT2D eigenvalue weighted by Gasteiger charge is 2.49. The van der Waals surface area contributed by atoms with Gasteiger partial charge in [0.05, 0.1) is 26.0 Å². The van der Waals surface area contributed by atoms with Crippen molar-refractivity contribution < 1.29 is 14.3 Å². The molecule has 5 nitrogen and oxygen atoms in total. The van der Waals surface area contributed by atoms with Crippen molar-refractivity contribution in [3.05, 3.63) is 18.2 Å². The summed E-state index contributed by atoms with van der Waals surface area (Å²) in [6.07, 6.45) is 1.20. The maximum Gasteiger partial charge on any atom is 0.244 e. The zero-order valence-electron chi connectivity index (χ0n) is 11.9. The molecule has 0 bridgehead atoms. The summed E-state index contributed by atoms with van der Waals surface area (Å²) in [5.41, 5.74) is -0.390. The van der Waals surface area contributed by atoms with Gasteiger partial charge in [0, 0.05) is 6.07 Å². The van der Waals surface area contributed by atoms with E-state index in [1.165, 1.54) is 7.11 Å². The molecule has 1 N–H and O–H groups in total. The molecule has 106 valence electrons. The Hall–Kier alpha value is -2.22. The summed E-state index contributed by atoms with van der Waals surface area (Å²) in [5.74, 6) is 1.30. The molecule has 0 saturated heterocycles. The molecule has 1 aliphatic carbocycles. The Balaban J connectivity index is 2.21. The molecule has 1 aromatic carbocycles. The highest BCUT2D eigenvalue weighted by molar-refractivity contribution is 5.99. The van der Waals surface area contributed by atoms with E-state index in [0.717, 1.165) is 0 Å². The van der Waals surface area contributed by atoms with Crippen LogP contribution in [0.2, 0.25) is 0 Å². The SMILES string of the molecule is COc1ccc(OC)c(NC(=O)C2(C#N)CC(C)C2)c1. The highest BCUT2D eigenvalue weighted by Crippen LogP contribution is 2.46. The zero-order chi connectivity index (χ0) is 14.8. The summed E-state index contributed by atoms with van der Waals surface area (Å²) in [6.45, 7) is 2.04. The number of carbonyl (C=O) groups excluding carboxylic acids is 1. The monoisotopic (exact) mass is 274 g/mol. The van der Waals surface area contributed by atoms with Crippen LogP contribution >= 0.6 is 0 Å². The van der Waals surface area contributed by atoms with Gasteiger partial charge < -0.3 is 14.8 Å². The smallest absolute Gasteiger partial charge is 0.244 e. The van der Waals surface area contributed by atoms with Crippen LogP contribution in [0.3, 0.4) is 0 Å². The quantitative estimate of drug-likeness (QED) is 0.916. The van der Waals surface area contributed by atoms with Crippen LogP contribution in [0.25, 0.3) is 0 Å². The van der Waals surface area contributed by atoms with Crippen molar-refractivity contribution in [1.82, 2.24) is 0 Å². The molecule has 20 heavy (non-hydrogen) atoms. The van der Waals surface area contributed by atoms with Crippen molar-refractivity contribution >= 4 is 11.6 Å². The number of benzene rings is 1. The Morgan fingerprint density at radius 2 is 2.10 bits per heavy atom. The average Bonchev–Trinajstić information content (AvgIpc) is 2.43. The molecule has 0 aromatic heterocycles. The van der Waals surface area contributed by atoms with Crippen LogP contribution in [0.5, 0.6) is 11.5 Å². The second-order valence-electron chi connectivity index (χ2n) is 5.23. The molecule has 2 rings (SSSR count). The number of amides is 1. The van der Waals surface area contributed by atoms with E-state index in [1.807, 2.05) is 6.92 Å². The van der Waals surface area contributed by atoms with Gasteiger partial charge in [0.15, 0.2) is 0 Å². The molecular formula is C15H18N2O3. The van der Waals surface area contributed by atoms with E-state index in [2.05, 4.69) is 11.4 Å². The van der Waals surface area contributed by atoms with Crippen LogP contribution in [0.4, 0.5) is 5.69 Å². The Bertz CT molecular complexity index is 557. The predicted molar refractivity (Wildman–Crippen MR) is 74.6 cm³/mol. The lowest BCUT2D eigenvalue weighted by molar-refractivity contribution is -0.128. The minimum absolute atomic E-state index is 0.273. The standard InChI is InChI=1S/C15H18N2O3/c1-10-7-15(8-10,9-16)14(18)17-12-6-11(19-2)4-5-13(12)20-3/h4-6,10H,7-8H2,1-3H3,(H,17,18). The lowest BCUT2D eigenvalue weighted by Gasteiger charge is -2.39. The van der Waals surface area contributed by atoms with E-state index in [0.29, 0.717) is 35.9 Å². The number of nitriles is 1. The molecule has 5 heteroatoms. The molecule has 0 aliphatic heterocycles. The second-order valence-corrected chi connectivity index (χ2v) is 5.23. The Labute approximate surface area is 118 Å². The van der Waals surface area contributed by atoms with E-state index < -0.39 is 5.41 Å². The van der Waals surface area contributed by atoms with E-state index in [4.69, 9.17) is 9.47 Å². The van der Waals surface area contributed by atoms with Gasteiger partial charge in [0.1, 0.15) is 16.9 Å². The molecule has 1 saturated carbocycles. The number of carbonyl (C=O) groups is 1. The Morgan fingerprint density at radius 3 is 2.60 bits per heavy atom. The van der Waals surface area contributed by atoms with Crippen molar-refractivity contribution in [2.45, 2.75) is 19.8 Å². The maximum atomic E-state index is 12.3. The lowest BCUT2D eigenvalue weighted by Crippen LogP contribution is -2.45. The topological polar surface area (TPSA) is 71.3 Å². The summed E-state index contributed by atoms with van der Waals surface area (Å²) in [6, 6.07) is 7.30. The van der Waals surface area contributed by atoms with E-state index in [-0.39, 0.29) is 5.91 Å². The molecule has 1 fully saturated rings. The fourth-order valence-corrected chi connectivity index (χ4v) is 2.61. The minimum Gasteiger partial charge on any atom is -0.497 e. The van der Waals surface area contributed by atoms with Crippen molar-refractivity contribution in [2.75, 3.05) is 19.5 Å². The van der Waals surface area contributed by atoms with Gasteiger partial charge in [-0.2, -0.15) is 5.26 Å². The molecule has 1 amide bonds. The summed E-state index contributed by atoms with van der Waals surface area (Å²) in [4.78, 5) is 12.3. The van der Waals surface area contributed by atoms with E-state index in [9.17, 15) is 10.1 Å². The Morgan fingerprint density at radius 1 is 1.40 bits per heavy atom. The van der Waals surface area contributed by atoms with Gasteiger partial charge in [-0.25, -0.2) is 0 Å². The second kappa shape index (κ2) is 5.41. The largest absolute Gasteiger partial charge is 0.497 e. The number of rotatable bonds is 4. The predicted octanol–water partition coefficient (Wildman–Crippen LogP) is 2.58. The first-order chi connectivity index (χ1) is 9.54. The van der Waals surface area contributed by atoms with Crippen LogP contribution in [0, 0.1) is 22.7 Å². The van der Waals surface area contributed by atoms with Gasteiger partial charge in [-0.05, 0) is 30.9 Å². The first-order valence-electron chi connectivity index (χ1n) is 6.49. The number of hydrogen-bond acceptors (Lipinski definition) is 4. The average molecular weight is 274 g/mol. The van der Waals surface area contributed by atoms with Gasteiger partial charge in [-0.1, -0.05) is 6.92 Å². The van der Waals surface area contributed by atoms with Gasteiger partial charge in [0.2, 0.25) is 5.91 Å². The maximum absolute atomic E-state index is 12.3. The molecule has 0 heterocycles. The first-order valence-corrected chi connectivity index (χ1v) is 6.49. The number of ether oxygens (including phenoxy) is 2. The number of hydrogen-bond donors (Lipinski definition) is 1. The molecule has 1 aromatic rings. The summed E-state index contributed by atoms with van der Waals surface area (Å²) in [5, 5.41) is 12.0. The summed E-state index contributed by atoms with van der Waals surface area (Å²) >= 11 is 0. The van der Waals surface area contributed by atoms with Crippen LogP contribution < -0.4 is 14.8 Å². The molecule has 0 spiro atoms. The minimum atomic E-state index is -0.909. The van der Waals surface area contributed by atoms with E-state index in [1.54, 1.807) is 25.3 Å². The van der Waals surface area contributed by atoms with Crippen LogP contribution in [-0.4, -0.2) is 20.1 Å². The van der Waals surface area contributed by atoms with Gasteiger partial charge in [-0.15, -0.1) is 0 Å². The van der Waals surface area contributed by atoms with Crippen molar-refractivity contribution in [3.8, 4) is 17.6 Å². The third-order valence-corrected chi connectivity index (χ3v) is 3.70. The third kappa shape index (κ3) is 2.42. The Kier molecular flexibility index (Phi) is 3.84. The van der Waals surface area contributed by atoms with Gasteiger partial charge in [-0.3, -0.25) is 4.79 Å². The van der Waals surface area contributed by atoms with Crippen LogP contribution in [0.15, 0.2) is 18.2 Å². The molecule has 0 unspecified atom stereocenters. The lowest BCUT2D eigenvalue weighted by atomic mass is 9.63. The molecule has 0 atom stereocenters. The van der Waals surface area contributed by atoms with Crippen LogP contribution in [-0.2, 0) is 4.79 Å². The number of nitrogens with one attached hydrogen (secondary N) is 1. The van der Waals surface area contributed by atoms with Gasteiger partial charge >= 0.3 is 0 Å². The fraction of sp³-hybridized carbons (Fsp3) is 0.467. The van der Waals surface area contributed by atoms with Crippen molar-refractivity contribution in [1.29, 1.82) is 5.26 Å². The molecule has 0 radical (unpaired) electrons. The third-order valence-electron chi connectivity index (χ3n) is 3.70. The highest BCUT2D eigenvalue weighted by atomic mass is 16.5. The number of anilines is 1. The van der Waals surface area contributed by atoms with Crippen LogP contribution in [0.1, 0.15) is 19.8 Å². The molecular weight excluding hydrogens is 256 g/mol. The number of nitrogens with zero attached hydrogens (tertiary/aromatic N) is 1. The summed E-state index contributed by atoms with van der Waals surface area (Å²) < 4.78 is 10.3. The zero-order valence-corrected chi connectivity index (χ0v) is 11.9. The molecule has 1 aliphatic rings. The van der Waals surface area contributed by atoms with Crippen molar-refractivity contribution in [3.63, 3.8) is 0 Å². The fourth-order valence-electron chi connectivity index (χ4n) is 2.61. The van der Waals surface area contributed by atoms with Gasteiger partial charge in [0.25, 0.3) is 0 Å². The van der Waals surface area contributed by atoms with E-state index >= 15 is 0 Å². The number of methoxy groups -OCH3 is 2. The summed E-state index contributed by atoms with van der Waals surface area (Å²) in [7, 11) is 3.08. The first kappa shape index (κ1) is 14.2.